The molecular formula is C19H17Cl2F5N4O5S. The summed E-state index contributed by atoms with van der Waals surface area (Å²) in [5.74, 6) is -8.58. The number of hydrogen-bond donors (Lipinski definition) is 3. The molecule has 0 aliphatic carbocycles. The van der Waals surface area contributed by atoms with Crippen LogP contribution in [0.4, 0.5) is 33.3 Å². The second-order valence-electron chi connectivity index (χ2n) is 7.38. The molecule has 2 aromatic rings. The summed E-state index contributed by atoms with van der Waals surface area (Å²) in [6, 6.07) is 2.47. The van der Waals surface area contributed by atoms with Gasteiger partial charge in [-0.3, -0.25) is 4.79 Å². The highest BCUT2D eigenvalue weighted by molar-refractivity contribution is 7.89. The van der Waals surface area contributed by atoms with Gasteiger partial charge in [0.1, 0.15) is 11.4 Å². The van der Waals surface area contributed by atoms with E-state index >= 15 is 0 Å². The van der Waals surface area contributed by atoms with Crippen molar-refractivity contribution < 1.29 is 45.0 Å². The molecule has 198 valence electrons. The average Bonchev–Trinajstić information content (AvgIpc) is 2.78. The molecule has 0 aromatic heterocycles. The predicted octanol–water partition coefficient (Wildman–Crippen LogP) is 3.13. The van der Waals surface area contributed by atoms with Crippen LogP contribution in [-0.2, 0) is 14.8 Å². The number of halogens is 7. The lowest BCUT2D eigenvalue weighted by Gasteiger charge is -2.37. The highest BCUT2D eigenvalue weighted by atomic mass is 35.5. The second kappa shape index (κ2) is 10.7. The van der Waals surface area contributed by atoms with Gasteiger partial charge in [0.25, 0.3) is 0 Å². The minimum absolute atomic E-state index is 0.0922. The average molecular weight is 579 g/mol. The van der Waals surface area contributed by atoms with Gasteiger partial charge in [0, 0.05) is 32.2 Å². The van der Waals surface area contributed by atoms with E-state index in [1.807, 2.05) is 0 Å². The molecule has 1 saturated heterocycles. The Labute approximate surface area is 211 Å². The number of piperazine rings is 1. The number of phenols is 1. The SMILES string of the molecule is NS(=O)(=O)c1c(F)c(F)c(N2CCN(C(=O)CNc3cc(Cl)c(Cl)cc3O)CC2)c(OC(F)F)c1F. The van der Waals surface area contributed by atoms with E-state index in [-0.39, 0.29) is 54.2 Å². The Morgan fingerprint density at radius 3 is 2.22 bits per heavy atom. The summed E-state index contributed by atoms with van der Waals surface area (Å²) in [5, 5.41) is 17.5. The fraction of sp³-hybridized carbons (Fsp3) is 0.316. The van der Waals surface area contributed by atoms with E-state index in [1.165, 1.54) is 17.0 Å². The zero-order chi connectivity index (χ0) is 26.9. The zero-order valence-electron chi connectivity index (χ0n) is 17.9. The number of anilines is 2. The van der Waals surface area contributed by atoms with Gasteiger partial charge in [0.05, 0.1) is 22.3 Å². The number of aromatic hydroxyl groups is 1. The lowest BCUT2D eigenvalue weighted by Crippen LogP contribution is -2.50. The van der Waals surface area contributed by atoms with Crippen LogP contribution in [0.15, 0.2) is 17.0 Å². The van der Waals surface area contributed by atoms with Gasteiger partial charge < -0.3 is 25.0 Å². The summed E-state index contributed by atoms with van der Waals surface area (Å²) in [5.41, 5.74) is -0.961. The number of ether oxygens (including phenoxy) is 1. The fourth-order valence-electron chi connectivity index (χ4n) is 3.48. The van der Waals surface area contributed by atoms with Crippen molar-refractivity contribution in [2.45, 2.75) is 11.5 Å². The standard InChI is InChI=1S/C19H17Cl2F5N4O5S/c20-8-5-10(11(31)6-9(8)21)28-7-12(32)29-1-3-30(4-2-29)16-13(22)14(23)18(36(27,33)34)15(24)17(16)35-19(25)26/h5-6,19,28,31H,1-4,7H2,(H2,27,33,34). The summed E-state index contributed by atoms with van der Waals surface area (Å²) in [6.45, 7) is -4.86. The maximum Gasteiger partial charge on any atom is 0.387 e. The number of nitrogens with two attached hydrogens (primary N) is 1. The number of benzene rings is 2. The first-order valence-electron chi connectivity index (χ1n) is 9.85. The number of phenolic OH excluding ortho intramolecular Hbond substituents is 1. The maximum absolute atomic E-state index is 14.8. The number of sulfonamides is 1. The number of carbonyl (C=O) groups is 1. The quantitative estimate of drug-likeness (QED) is 0.262. The first-order valence-corrected chi connectivity index (χ1v) is 12.1. The number of amides is 1. The van der Waals surface area contributed by atoms with Crippen LogP contribution >= 0.6 is 23.2 Å². The molecule has 2 aromatic carbocycles. The van der Waals surface area contributed by atoms with Crippen molar-refractivity contribution in [3.8, 4) is 11.5 Å². The van der Waals surface area contributed by atoms with E-state index in [1.54, 1.807) is 0 Å². The molecule has 0 atom stereocenters. The first kappa shape index (κ1) is 27.8. The van der Waals surface area contributed by atoms with E-state index in [9.17, 15) is 40.3 Å². The van der Waals surface area contributed by atoms with Gasteiger partial charge in [0.15, 0.2) is 28.1 Å². The van der Waals surface area contributed by atoms with E-state index < -0.39 is 56.3 Å². The predicted molar refractivity (Wildman–Crippen MR) is 120 cm³/mol. The molecule has 4 N–H and O–H groups in total. The molecule has 1 aliphatic heterocycles. The van der Waals surface area contributed by atoms with Crippen LogP contribution in [0.1, 0.15) is 0 Å². The third-order valence-electron chi connectivity index (χ3n) is 5.12. The van der Waals surface area contributed by atoms with Gasteiger partial charge in [-0.2, -0.15) is 8.78 Å². The minimum atomic E-state index is -5.18. The second-order valence-corrected chi connectivity index (χ2v) is 9.69. The van der Waals surface area contributed by atoms with Crippen molar-refractivity contribution in [2.75, 3.05) is 42.9 Å². The van der Waals surface area contributed by atoms with Crippen LogP contribution in [0.3, 0.4) is 0 Å². The van der Waals surface area contributed by atoms with E-state index in [2.05, 4.69) is 10.1 Å². The number of nitrogens with one attached hydrogen (secondary N) is 1. The summed E-state index contributed by atoms with van der Waals surface area (Å²) in [6.07, 6.45) is 0. The van der Waals surface area contributed by atoms with Crippen LogP contribution in [0, 0.1) is 17.5 Å². The van der Waals surface area contributed by atoms with Gasteiger partial charge in [-0.25, -0.2) is 26.7 Å². The first-order chi connectivity index (χ1) is 16.7. The molecule has 0 unspecified atom stereocenters. The number of nitrogens with zero attached hydrogens (tertiary/aromatic N) is 2. The minimum Gasteiger partial charge on any atom is -0.506 e. The van der Waals surface area contributed by atoms with Crippen molar-refractivity contribution in [2.24, 2.45) is 5.14 Å². The highest BCUT2D eigenvalue weighted by Gasteiger charge is 2.36. The molecule has 17 heteroatoms. The fourth-order valence-corrected chi connectivity index (χ4v) is 4.48. The normalized spacial score (nSPS) is 14.4. The van der Waals surface area contributed by atoms with E-state index in [0.717, 1.165) is 4.90 Å². The molecule has 0 bridgehead atoms. The van der Waals surface area contributed by atoms with Crippen LogP contribution in [0.25, 0.3) is 0 Å². The Balaban J connectivity index is 1.78. The summed E-state index contributed by atoms with van der Waals surface area (Å²) in [7, 11) is -5.18. The molecule has 1 fully saturated rings. The Morgan fingerprint density at radius 2 is 1.67 bits per heavy atom. The number of primary sulfonamides is 1. The van der Waals surface area contributed by atoms with Crippen molar-refractivity contribution in [1.82, 2.24) is 4.90 Å². The van der Waals surface area contributed by atoms with Crippen LogP contribution in [-0.4, -0.2) is 63.7 Å². The molecule has 0 saturated carbocycles. The summed E-state index contributed by atoms with van der Waals surface area (Å²) >= 11 is 11.6. The topological polar surface area (TPSA) is 125 Å². The number of hydrogen-bond acceptors (Lipinski definition) is 7. The van der Waals surface area contributed by atoms with Gasteiger partial charge >= 0.3 is 6.61 Å². The van der Waals surface area contributed by atoms with E-state index in [4.69, 9.17) is 28.3 Å². The summed E-state index contributed by atoms with van der Waals surface area (Å²) in [4.78, 5) is 12.8. The monoisotopic (exact) mass is 578 g/mol. The molecule has 3 rings (SSSR count). The maximum atomic E-state index is 14.8. The lowest BCUT2D eigenvalue weighted by molar-refractivity contribution is -0.129. The highest BCUT2D eigenvalue weighted by Crippen LogP contribution is 2.41. The Bertz CT molecular complexity index is 1290. The number of carbonyl (C=O) groups excluding carboxylic acids is 1. The molecule has 36 heavy (non-hydrogen) atoms. The van der Waals surface area contributed by atoms with Gasteiger partial charge in [-0.05, 0) is 6.07 Å². The van der Waals surface area contributed by atoms with Gasteiger partial charge in [-0.15, -0.1) is 0 Å². The molecule has 0 radical (unpaired) electrons. The zero-order valence-corrected chi connectivity index (χ0v) is 20.2. The third kappa shape index (κ3) is 5.79. The Morgan fingerprint density at radius 1 is 1.08 bits per heavy atom. The molecule has 1 aliphatic rings. The molecule has 9 nitrogen and oxygen atoms in total. The van der Waals surface area contributed by atoms with Crippen molar-refractivity contribution in [3.63, 3.8) is 0 Å². The third-order valence-corrected chi connectivity index (χ3v) is 6.77. The smallest absolute Gasteiger partial charge is 0.387 e. The molecule has 1 amide bonds. The van der Waals surface area contributed by atoms with Crippen molar-refractivity contribution in [3.05, 3.63) is 39.6 Å². The molecule has 0 spiro atoms. The van der Waals surface area contributed by atoms with E-state index in [0.29, 0.717) is 0 Å². The Hall–Kier alpha value is -2.75. The summed E-state index contributed by atoms with van der Waals surface area (Å²) < 4.78 is 96.5. The lowest BCUT2D eigenvalue weighted by atomic mass is 10.2. The largest absolute Gasteiger partial charge is 0.506 e. The number of alkyl halides is 2. The van der Waals surface area contributed by atoms with Gasteiger partial charge in [-0.1, -0.05) is 23.2 Å². The molecule has 1 heterocycles. The van der Waals surface area contributed by atoms with Crippen molar-refractivity contribution >= 4 is 50.5 Å². The van der Waals surface area contributed by atoms with Crippen LogP contribution in [0.5, 0.6) is 11.5 Å². The van der Waals surface area contributed by atoms with Gasteiger partial charge in [0.2, 0.25) is 15.9 Å². The van der Waals surface area contributed by atoms with Crippen LogP contribution < -0.4 is 20.1 Å². The number of rotatable bonds is 7. The van der Waals surface area contributed by atoms with Crippen molar-refractivity contribution in [1.29, 1.82) is 0 Å². The molecular weight excluding hydrogens is 562 g/mol. The van der Waals surface area contributed by atoms with Crippen LogP contribution in [0.2, 0.25) is 10.0 Å². The Kier molecular flexibility index (Phi) is 8.27.